The monoisotopic (exact) mass is 350 g/mol. The Morgan fingerprint density at radius 3 is 2.68 bits per heavy atom. The van der Waals surface area contributed by atoms with Crippen molar-refractivity contribution in [3.05, 3.63) is 35.7 Å². The van der Waals surface area contributed by atoms with Crippen LogP contribution in [0, 0.1) is 0 Å². The van der Waals surface area contributed by atoms with Gasteiger partial charge < -0.3 is 14.8 Å². The number of nitrogens with zero attached hydrogens (tertiary/aromatic N) is 1. The zero-order valence-electron chi connectivity index (χ0n) is 14.0. The van der Waals surface area contributed by atoms with E-state index in [9.17, 15) is 18.8 Å². The second-order valence-corrected chi connectivity index (χ2v) is 5.36. The predicted octanol–water partition coefficient (Wildman–Crippen LogP) is 2.02. The van der Waals surface area contributed by atoms with Crippen LogP contribution in [0.1, 0.15) is 19.4 Å². The Bertz CT molecular complexity index is 687. The van der Waals surface area contributed by atoms with Crippen molar-refractivity contribution in [1.29, 1.82) is 0 Å². The SMILES string of the molecule is CCOC(=O)/C(F)=C/c1ccc(N2C[C@H](CNC(C)=O)OC2=O)cc1. The van der Waals surface area contributed by atoms with Gasteiger partial charge in [0.2, 0.25) is 11.7 Å². The molecule has 1 heterocycles. The minimum absolute atomic E-state index is 0.0930. The number of cyclic esters (lactones) is 1. The zero-order chi connectivity index (χ0) is 18.4. The van der Waals surface area contributed by atoms with Gasteiger partial charge in [-0.1, -0.05) is 12.1 Å². The third kappa shape index (κ3) is 5.03. The van der Waals surface area contributed by atoms with Crippen LogP contribution in [0.15, 0.2) is 30.1 Å². The van der Waals surface area contributed by atoms with Crippen LogP contribution >= 0.6 is 0 Å². The number of carbonyl (C=O) groups excluding carboxylic acids is 3. The van der Waals surface area contributed by atoms with E-state index in [0.29, 0.717) is 17.8 Å². The van der Waals surface area contributed by atoms with E-state index in [4.69, 9.17) is 4.74 Å². The molecular formula is C17H19FN2O5. The summed E-state index contributed by atoms with van der Waals surface area (Å²) in [6, 6.07) is 6.38. The predicted molar refractivity (Wildman–Crippen MR) is 88.5 cm³/mol. The van der Waals surface area contributed by atoms with Gasteiger partial charge >= 0.3 is 12.1 Å². The van der Waals surface area contributed by atoms with Crippen molar-refractivity contribution in [2.45, 2.75) is 20.0 Å². The summed E-state index contributed by atoms with van der Waals surface area (Å²) in [4.78, 5) is 35.5. The molecule has 0 aliphatic carbocycles. The summed E-state index contributed by atoms with van der Waals surface area (Å²) in [5, 5.41) is 2.60. The van der Waals surface area contributed by atoms with E-state index in [1.165, 1.54) is 11.8 Å². The van der Waals surface area contributed by atoms with Crippen molar-refractivity contribution in [3.63, 3.8) is 0 Å². The lowest BCUT2D eigenvalue weighted by atomic mass is 10.1. The fourth-order valence-corrected chi connectivity index (χ4v) is 2.25. The average Bonchev–Trinajstić information content (AvgIpc) is 2.95. The van der Waals surface area contributed by atoms with Crippen LogP contribution in [0.5, 0.6) is 0 Å². The number of ether oxygens (including phenoxy) is 2. The number of rotatable bonds is 6. The largest absolute Gasteiger partial charge is 0.461 e. The molecule has 0 saturated carbocycles. The first kappa shape index (κ1) is 18.4. The maximum atomic E-state index is 13.6. The normalized spacial score (nSPS) is 17.2. The standard InChI is InChI=1S/C17H19FN2O5/c1-3-24-16(22)15(18)8-12-4-6-13(7-5-12)20-10-14(25-17(20)23)9-19-11(2)21/h4-8,14H,3,9-10H2,1-2H3,(H,19,21)/b15-8-/t14-/m0/s1. The van der Waals surface area contributed by atoms with E-state index < -0.39 is 24.0 Å². The van der Waals surface area contributed by atoms with Gasteiger partial charge in [-0.3, -0.25) is 9.69 Å². The number of benzene rings is 1. The fourth-order valence-electron chi connectivity index (χ4n) is 2.25. The topological polar surface area (TPSA) is 84.9 Å². The molecule has 1 aromatic rings. The molecule has 8 heteroatoms. The molecule has 134 valence electrons. The first-order valence-corrected chi connectivity index (χ1v) is 7.77. The molecule has 2 amide bonds. The molecule has 2 rings (SSSR count). The van der Waals surface area contributed by atoms with E-state index >= 15 is 0 Å². The number of carbonyl (C=O) groups is 3. The number of nitrogens with one attached hydrogen (secondary N) is 1. The minimum atomic E-state index is -1.02. The summed E-state index contributed by atoms with van der Waals surface area (Å²) in [6.45, 7) is 3.61. The molecule has 0 spiro atoms. The van der Waals surface area contributed by atoms with Crippen molar-refractivity contribution < 1.29 is 28.2 Å². The van der Waals surface area contributed by atoms with Crippen molar-refractivity contribution >= 4 is 29.7 Å². The van der Waals surface area contributed by atoms with Crippen molar-refractivity contribution in [3.8, 4) is 0 Å². The molecule has 1 atom stereocenters. The smallest absolute Gasteiger partial charge is 0.414 e. The molecule has 1 aromatic carbocycles. The molecule has 1 aliphatic heterocycles. The molecule has 0 unspecified atom stereocenters. The van der Waals surface area contributed by atoms with Crippen molar-refractivity contribution in [1.82, 2.24) is 5.32 Å². The van der Waals surface area contributed by atoms with Crippen LogP contribution in [0.25, 0.3) is 6.08 Å². The molecular weight excluding hydrogens is 331 g/mol. The van der Waals surface area contributed by atoms with E-state index in [1.54, 1.807) is 31.2 Å². The average molecular weight is 350 g/mol. The van der Waals surface area contributed by atoms with Gasteiger partial charge in [0, 0.05) is 12.6 Å². The number of esters is 1. The van der Waals surface area contributed by atoms with Crippen molar-refractivity contribution in [2.24, 2.45) is 0 Å². The number of amides is 2. The summed E-state index contributed by atoms with van der Waals surface area (Å²) in [6.07, 6.45) is 0.109. The van der Waals surface area contributed by atoms with Crippen LogP contribution in [0.3, 0.4) is 0 Å². The van der Waals surface area contributed by atoms with Gasteiger partial charge in [0.25, 0.3) is 0 Å². The lowest BCUT2D eigenvalue weighted by Crippen LogP contribution is -2.33. The van der Waals surface area contributed by atoms with E-state index in [2.05, 4.69) is 10.1 Å². The highest BCUT2D eigenvalue weighted by molar-refractivity contribution is 5.92. The Labute approximate surface area is 144 Å². The highest BCUT2D eigenvalue weighted by atomic mass is 19.1. The molecule has 25 heavy (non-hydrogen) atoms. The van der Waals surface area contributed by atoms with Gasteiger partial charge in [-0.25, -0.2) is 9.59 Å². The Balaban J connectivity index is 2.02. The fraction of sp³-hybridized carbons (Fsp3) is 0.353. The summed E-state index contributed by atoms with van der Waals surface area (Å²) in [5.41, 5.74) is 1.03. The third-order valence-electron chi connectivity index (χ3n) is 3.42. The van der Waals surface area contributed by atoms with Gasteiger partial charge in [0.15, 0.2) is 0 Å². The highest BCUT2D eigenvalue weighted by Gasteiger charge is 2.32. The lowest BCUT2D eigenvalue weighted by molar-refractivity contribution is -0.140. The molecule has 1 N–H and O–H groups in total. The molecule has 1 fully saturated rings. The van der Waals surface area contributed by atoms with E-state index in [-0.39, 0.29) is 19.1 Å². The summed E-state index contributed by atoms with van der Waals surface area (Å²) >= 11 is 0. The maximum Gasteiger partial charge on any atom is 0.414 e. The van der Waals surface area contributed by atoms with Crippen LogP contribution in [0.2, 0.25) is 0 Å². The highest BCUT2D eigenvalue weighted by Crippen LogP contribution is 2.23. The number of hydrogen-bond donors (Lipinski definition) is 1. The van der Waals surface area contributed by atoms with Gasteiger partial charge in [0.05, 0.1) is 19.7 Å². The molecule has 0 radical (unpaired) electrons. The summed E-state index contributed by atoms with van der Waals surface area (Å²) in [7, 11) is 0. The zero-order valence-corrected chi connectivity index (χ0v) is 14.0. The number of hydrogen-bond acceptors (Lipinski definition) is 5. The Morgan fingerprint density at radius 2 is 2.08 bits per heavy atom. The molecule has 7 nitrogen and oxygen atoms in total. The van der Waals surface area contributed by atoms with Gasteiger partial charge in [0.1, 0.15) is 6.10 Å². The molecule has 1 aliphatic rings. The Morgan fingerprint density at radius 1 is 1.40 bits per heavy atom. The first-order chi connectivity index (χ1) is 11.9. The van der Waals surface area contributed by atoms with E-state index in [1.807, 2.05) is 0 Å². The van der Waals surface area contributed by atoms with Crippen LogP contribution in [-0.2, 0) is 19.1 Å². The Kier molecular flexibility index (Phi) is 6.10. The first-order valence-electron chi connectivity index (χ1n) is 7.77. The lowest BCUT2D eigenvalue weighted by Gasteiger charge is -2.13. The van der Waals surface area contributed by atoms with Crippen LogP contribution in [0.4, 0.5) is 14.9 Å². The molecule has 0 aromatic heterocycles. The second kappa shape index (κ2) is 8.27. The Hall–Kier alpha value is -2.90. The quantitative estimate of drug-likeness (QED) is 0.627. The van der Waals surface area contributed by atoms with Crippen LogP contribution < -0.4 is 10.2 Å². The van der Waals surface area contributed by atoms with Gasteiger partial charge in [-0.15, -0.1) is 0 Å². The van der Waals surface area contributed by atoms with Gasteiger partial charge in [-0.05, 0) is 30.7 Å². The number of halogens is 1. The van der Waals surface area contributed by atoms with Crippen LogP contribution in [-0.4, -0.2) is 43.8 Å². The maximum absolute atomic E-state index is 13.6. The summed E-state index contributed by atoms with van der Waals surface area (Å²) in [5.74, 6) is -2.21. The summed E-state index contributed by atoms with van der Waals surface area (Å²) < 4.78 is 23.3. The third-order valence-corrected chi connectivity index (χ3v) is 3.42. The van der Waals surface area contributed by atoms with Crippen molar-refractivity contribution in [2.75, 3.05) is 24.6 Å². The second-order valence-electron chi connectivity index (χ2n) is 5.36. The molecule has 0 bridgehead atoms. The van der Waals surface area contributed by atoms with Gasteiger partial charge in [-0.2, -0.15) is 4.39 Å². The number of anilines is 1. The molecule has 1 saturated heterocycles. The van der Waals surface area contributed by atoms with E-state index in [0.717, 1.165) is 6.08 Å². The minimum Gasteiger partial charge on any atom is -0.461 e.